The molecule has 4 aromatic heterocycles. The number of fused-ring (bicyclic) bond motifs is 5. The second kappa shape index (κ2) is 6.98. The molecule has 6 nitrogen and oxygen atoms in total. The number of H-pyrrole nitrogens is 1. The Bertz CT molecular complexity index is 1360. The van der Waals surface area contributed by atoms with Crippen LogP contribution in [-0.2, 0) is 12.8 Å². The van der Waals surface area contributed by atoms with Crippen LogP contribution >= 0.6 is 11.3 Å². The molecule has 1 N–H and O–H groups in total. The van der Waals surface area contributed by atoms with E-state index in [0.29, 0.717) is 5.82 Å². The molecule has 8 heteroatoms. The molecule has 6 rings (SSSR count). The molecule has 0 fully saturated rings. The Labute approximate surface area is 175 Å². The van der Waals surface area contributed by atoms with Gasteiger partial charge < -0.3 is 0 Å². The smallest absolute Gasteiger partial charge is 0.200 e. The number of hydrogen-bond donors (Lipinski definition) is 1. The molecule has 0 spiro atoms. The van der Waals surface area contributed by atoms with Gasteiger partial charge in [0.1, 0.15) is 22.7 Å². The fraction of sp³-hybridized carbons (Fsp3) is 0.273. The third kappa shape index (κ3) is 2.90. The second-order valence-electron chi connectivity index (χ2n) is 7.72. The highest BCUT2D eigenvalue weighted by atomic mass is 32.1. The Morgan fingerprint density at radius 3 is 2.73 bits per heavy atom. The molecule has 0 unspecified atom stereocenters. The van der Waals surface area contributed by atoms with E-state index in [4.69, 9.17) is 4.98 Å². The molecule has 30 heavy (non-hydrogen) atoms. The Kier molecular flexibility index (Phi) is 4.12. The van der Waals surface area contributed by atoms with E-state index in [1.165, 1.54) is 48.3 Å². The molecule has 0 aliphatic heterocycles. The number of nitrogens with one attached hydrogen (secondary N) is 1. The number of aromatic amines is 1. The Hall–Kier alpha value is -3.13. The van der Waals surface area contributed by atoms with Gasteiger partial charge in [0.15, 0.2) is 11.5 Å². The van der Waals surface area contributed by atoms with Gasteiger partial charge in [-0.25, -0.2) is 18.9 Å². The van der Waals surface area contributed by atoms with Gasteiger partial charge in [-0.05, 0) is 61.6 Å². The van der Waals surface area contributed by atoms with Crippen LogP contribution in [0.5, 0.6) is 0 Å². The van der Waals surface area contributed by atoms with E-state index in [-0.39, 0.29) is 5.82 Å². The molecular formula is C22H19FN6S. The van der Waals surface area contributed by atoms with Crippen LogP contribution in [0.1, 0.15) is 36.1 Å². The summed E-state index contributed by atoms with van der Waals surface area (Å²) in [5, 5.41) is 13.2. The fourth-order valence-corrected chi connectivity index (χ4v) is 5.45. The van der Waals surface area contributed by atoms with Crippen molar-refractivity contribution >= 4 is 27.2 Å². The van der Waals surface area contributed by atoms with Crippen molar-refractivity contribution in [3.05, 3.63) is 52.9 Å². The molecule has 0 atom stereocenters. The van der Waals surface area contributed by atoms with Crippen molar-refractivity contribution in [1.29, 1.82) is 0 Å². The van der Waals surface area contributed by atoms with Gasteiger partial charge in [-0.1, -0.05) is 12.8 Å². The first-order valence-corrected chi connectivity index (χ1v) is 11.1. The topological polar surface area (TPSA) is 71.8 Å². The van der Waals surface area contributed by atoms with Gasteiger partial charge in [0, 0.05) is 10.4 Å². The highest BCUT2D eigenvalue weighted by Gasteiger charge is 2.20. The first kappa shape index (κ1) is 17.7. The third-order valence-corrected chi connectivity index (χ3v) is 6.95. The van der Waals surface area contributed by atoms with E-state index in [9.17, 15) is 4.39 Å². The molecule has 1 aliphatic rings. The van der Waals surface area contributed by atoms with Crippen molar-refractivity contribution in [3.63, 3.8) is 0 Å². The summed E-state index contributed by atoms with van der Waals surface area (Å²) in [6.07, 6.45) is 9.00. The summed E-state index contributed by atoms with van der Waals surface area (Å²) in [7, 11) is 0. The van der Waals surface area contributed by atoms with Crippen molar-refractivity contribution < 1.29 is 4.39 Å². The van der Waals surface area contributed by atoms with Gasteiger partial charge >= 0.3 is 0 Å². The molecule has 1 aromatic carbocycles. The summed E-state index contributed by atoms with van der Waals surface area (Å²) < 4.78 is 15.0. The maximum Gasteiger partial charge on any atom is 0.200 e. The molecule has 0 amide bonds. The molecule has 0 radical (unpaired) electrons. The zero-order valence-electron chi connectivity index (χ0n) is 16.2. The van der Waals surface area contributed by atoms with Crippen LogP contribution in [-0.4, -0.2) is 29.8 Å². The minimum atomic E-state index is -0.265. The fourth-order valence-electron chi connectivity index (χ4n) is 4.23. The SMILES string of the molecule is Fc1ccc(-c2cc(-c3nc4c5c6c(sc5ncn4n3)CCCCCC6)[nH]n2)cc1. The number of rotatable bonds is 2. The minimum Gasteiger partial charge on any atom is -0.274 e. The number of nitrogens with zero attached hydrogens (tertiary/aromatic N) is 5. The average molecular weight is 419 g/mol. The van der Waals surface area contributed by atoms with E-state index < -0.39 is 0 Å². The molecule has 0 saturated heterocycles. The predicted molar refractivity (Wildman–Crippen MR) is 115 cm³/mol. The van der Waals surface area contributed by atoms with Gasteiger partial charge in [-0.15, -0.1) is 16.4 Å². The maximum atomic E-state index is 13.2. The summed E-state index contributed by atoms with van der Waals surface area (Å²) >= 11 is 1.80. The van der Waals surface area contributed by atoms with Crippen LogP contribution in [0.3, 0.4) is 0 Å². The lowest BCUT2D eigenvalue weighted by Gasteiger charge is -2.09. The van der Waals surface area contributed by atoms with Crippen LogP contribution in [0, 0.1) is 5.82 Å². The van der Waals surface area contributed by atoms with E-state index in [1.54, 1.807) is 34.3 Å². The summed E-state index contributed by atoms with van der Waals surface area (Å²) in [5.41, 5.74) is 4.55. The Balaban J connectivity index is 1.45. The quantitative estimate of drug-likeness (QED) is 0.428. The van der Waals surface area contributed by atoms with Crippen LogP contribution in [0.15, 0.2) is 36.7 Å². The van der Waals surface area contributed by atoms with Crippen LogP contribution in [0.25, 0.3) is 38.6 Å². The standard InChI is InChI=1S/C22H19FN6S/c23-14-9-7-13(8-10-14)16-11-17(27-26-16)20-25-21-19-15-5-3-1-2-4-6-18(15)30-22(19)24-12-29(21)28-20/h7-12H,1-6H2,(H,26,27). The number of aryl methyl sites for hydroxylation is 2. The third-order valence-electron chi connectivity index (χ3n) is 5.75. The van der Waals surface area contributed by atoms with Crippen molar-refractivity contribution in [3.8, 4) is 22.8 Å². The van der Waals surface area contributed by atoms with Crippen molar-refractivity contribution in [2.45, 2.75) is 38.5 Å². The normalized spacial score (nSPS) is 14.7. The largest absolute Gasteiger partial charge is 0.274 e. The number of benzene rings is 1. The molecular weight excluding hydrogens is 399 g/mol. The molecule has 0 saturated carbocycles. The van der Waals surface area contributed by atoms with E-state index in [1.807, 2.05) is 6.07 Å². The highest BCUT2D eigenvalue weighted by molar-refractivity contribution is 7.19. The summed E-state index contributed by atoms with van der Waals surface area (Å²) in [4.78, 5) is 12.0. The Morgan fingerprint density at radius 1 is 1.03 bits per heavy atom. The van der Waals surface area contributed by atoms with Crippen LogP contribution in [0.2, 0.25) is 0 Å². The molecule has 150 valence electrons. The van der Waals surface area contributed by atoms with E-state index in [0.717, 1.165) is 45.7 Å². The lowest BCUT2D eigenvalue weighted by molar-refractivity contribution is 0.624. The van der Waals surface area contributed by atoms with Crippen LogP contribution < -0.4 is 0 Å². The van der Waals surface area contributed by atoms with Gasteiger partial charge in [-0.2, -0.15) is 5.10 Å². The summed E-state index contributed by atoms with van der Waals surface area (Å²) in [6, 6.07) is 8.18. The van der Waals surface area contributed by atoms with Gasteiger partial charge in [0.2, 0.25) is 0 Å². The maximum absolute atomic E-state index is 13.2. The molecule has 4 heterocycles. The van der Waals surface area contributed by atoms with Crippen LogP contribution in [0.4, 0.5) is 4.39 Å². The number of thiophene rings is 1. The summed E-state index contributed by atoms with van der Waals surface area (Å²) in [6.45, 7) is 0. The van der Waals surface area contributed by atoms with Gasteiger partial charge in [0.05, 0.1) is 11.1 Å². The number of hydrogen-bond acceptors (Lipinski definition) is 5. The van der Waals surface area contributed by atoms with Crippen molar-refractivity contribution in [1.82, 2.24) is 29.8 Å². The predicted octanol–water partition coefficient (Wildman–Crippen LogP) is 5.19. The molecule has 0 bridgehead atoms. The lowest BCUT2D eigenvalue weighted by atomic mass is 9.98. The first-order chi connectivity index (χ1) is 14.8. The number of aromatic nitrogens is 6. The molecule has 5 aromatic rings. The Morgan fingerprint density at radius 2 is 1.87 bits per heavy atom. The minimum absolute atomic E-state index is 0.265. The zero-order valence-corrected chi connectivity index (χ0v) is 17.0. The van der Waals surface area contributed by atoms with E-state index >= 15 is 0 Å². The monoisotopic (exact) mass is 418 g/mol. The zero-order chi connectivity index (χ0) is 20.1. The lowest BCUT2D eigenvalue weighted by Crippen LogP contribution is -1.97. The highest BCUT2D eigenvalue weighted by Crippen LogP contribution is 2.36. The second-order valence-corrected chi connectivity index (χ2v) is 8.80. The average Bonchev–Trinajstić information content (AvgIpc) is 3.44. The van der Waals surface area contributed by atoms with Gasteiger partial charge in [0.25, 0.3) is 0 Å². The van der Waals surface area contributed by atoms with Crippen molar-refractivity contribution in [2.24, 2.45) is 0 Å². The van der Waals surface area contributed by atoms with Gasteiger partial charge in [-0.3, -0.25) is 5.10 Å². The van der Waals surface area contributed by atoms with E-state index in [2.05, 4.69) is 20.3 Å². The molecule has 1 aliphatic carbocycles. The summed E-state index contributed by atoms with van der Waals surface area (Å²) in [5.74, 6) is 0.314. The van der Waals surface area contributed by atoms with Crippen molar-refractivity contribution in [2.75, 3.05) is 0 Å². The number of halogens is 1. The first-order valence-electron chi connectivity index (χ1n) is 10.2.